The Kier molecular flexibility index (Phi) is 7.09. The van der Waals surface area contributed by atoms with Crippen molar-refractivity contribution in [3.63, 3.8) is 0 Å². The number of nitrogens with zero attached hydrogens (tertiary/aromatic N) is 3. The first kappa shape index (κ1) is 20.8. The van der Waals surface area contributed by atoms with Crippen LogP contribution in [0.2, 0.25) is 0 Å². The zero-order chi connectivity index (χ0) is 20.1. The lowest BCUT2D eigenvalue weighted by molar-refractivity contribution is -0.128. The molecule has 5 heteroatoms. The first-order valence-corrected chi connectivity index (χ1v) is 10.7. The van der Waals surface area contributed by atoms with Gasteiger partial charge in [-0.3, -0.25) is 14.6 Å². The molecule has 1 aromatic rings. The summed E-state index contributed by atoms with van der Waals surface area (Å²) >= 11 is 0. The van der Waals surface area contributed by atoms with Crippen LogP contribution < -0.4 is 5.32 Å². The van der Waals surface area contributed by atoms with Gasteiger partial charge in [-0.1, -0.05) is 38.8 Å². The van der Waals surface area contributed by atoms with Crippen LogP contribution in [-0.4, -0.2) is 54.0 Å². The average Bonchev–Trinajstić information content (AvgIpc) is 2.72. The summed E-state index contributed by atoms with van der Waals surface area (Å²) in [4.78, 5) is 17.5. The first-order valence-electron chi connectivity index (χ1n) is 10.7. The van der Waals surface area contributed by atoms with E-state index in [2.05, 4.69) is 35.0 Å². The molecule has 1 aliphatic carbocycles. The second-order valence-electron chi connectivity index (χ2n) is 8.68. The van der Waals surface area contributed by atoms with Gasteiger partial charge in [0.25, 0.3) is 0 Å². The van der Waals surface area contributed by atoms with Gasteiger partial charge in [0.05, 0.1) is 17.7 Å². The standard InChI is InChI=1S/C23H34N4O/c1-17-5-4-6-22(18(17)2)25-23(28)19(3)27-13-11-26(12-14-27)16-21-9-7-20(15-24)8-10-21/h7-10,17-19,22H,4-6,11-14,16H2,1-3H3,(H,25,28)/t17-,18+,19+,22-/m0/s1. The normalized spacial score (nSPS) is 27.7. The van der Waals surface area contributed by atoms with E-state index in [0.29, 0.717) is 23.4 Å². The van der Waals surface area contributed by atoms with Crippen LogP contribution in [0, 0.1) is 23.2 Å². The Morgan fingerprint density at radius 3 is 2.50 bits per heavy atom. The Morgan fingerprint density at radius 1 is 1.18 bits per heavy atom. The van der Waals surface area contributed by atoms with E-state index in [4.69, 9.17) is 5.26 Å². The lowest BCUT2D eigenvalue weighted by Crippen LogP contribution is -2.56. The largest absolute Gasteiger partial charge is 0.352 e. The number of carbonyl (C=O) groups is 1. The van der Waals surface area contributed by atoms with E-state index < -0.39 is 0 Å². The maximum absolute atomic E-state index is 12.8. The van der Waals surface area contributed by atoms with Gasteiger partial charge in [0, 0.05) is 38.8 Å². The SMILES string of the molecule is C[C@H]1[C@@H](NC(=O)[C@@H](C)N2CCN(Cc3ccc(C#N)cc3)CC2)CCC[C@@H]1C. The zero-order valence-corrected chi connectivity index (χ0v) is 17.5. The third-order valence-electron chi connectivity index (χ3n) is 6.86. The fraction of sp³-hybridized carbons (Fsp3) is 0.652. The molecule has 1 amide bonds. The minimum absolute atomic E-state index is 0.0681. The number of amides is 1. The third kappa shape index (κ3) is 5.12. The number of hydrogen-bond donors (Lipinski definition) is 1. The van der Waals surface area contributed by atoms with Crippen LogP contribution in [0.4, 0.5) is 0 Å². The van der Waals surface area contributed by atoms with Crippen LogP contribution in [0.25, 0.3) is 0 Å². The van der Waals surface area contributed by atoms with E-state index in [9.17, 15) is 4.79 Å². The fourth-order valence-corrected chi connectivity index (χ4v) is 4.51. The topological polar surface area (TPSA) is 59.4 Å². The Hall–Kier alpha value is -1.90. The summed E-state index contributed by atoms with van der Waals surface area (Å²) in [7, 11) is 0. The molecule has 1 N–H and O–H groups in total. The quantitative estimate of drug-likeness (QED) is 0.850. The highest BCUT2D eigenvalue weighted by Gasteiger charge is 2.31. The number of benzene rings is 1. The molecule has 3 rings (SSSR count). The Morgan fingerprint density at radius 2 is 1.86 bits per heavy atom. The molecule has 2 aliphatic rings. The van der Waals surface area contributed by atoms with Crippen molar-refractivity contribution < 1.29 is 4.79 Å². The highest BCUT2D eigenvalue weighted by atomic mass is 16.2. The predicted molar refractivity (Wildman–Crippen MR) is 112 cm³/mol. The van der Waals surface area contributed by atoms with Crippen molar-refractivity contribution in [2.75, 3.05) is 26.2 Å². The fourth-order valence-electron chi connectivity index (χ4n) is 4.51. The third-order valence-corrected chi connectivity index (χ3v) is 6.86. The Bertz CT molecular complexity index is 688. The minimum Gasteiger partial charge on any atom is -0.352 e. The van der Waals surface area contributed by atoms with Gasteiger partial charge in [0.15, 0.2) is 0 Å². The van der Waals surface area contributed by atoms with Crippen LogP contribution in [0.5, 0.6) is 0 Å². The summed E-state index contributed by atoms with van der Waals surface area (Å²) in [6, 6.07) is 10.3. The summed E-state index contributed by atoms with van der Waals surface area (Å²) in [5.41, 5.74) is 1.94. The number of carbonyl (C=O) groups excluding carboxylic acids is 1. The number of nitriles is 1. The van der Waals surface area contributed by atoms with Gasteiger partial charge < -0.3 is 5.32 Å². The van der Waals surface area contributed by atoms with Gasteiger partial charge in [-0.25, -0.2) is 0 Å². The maximum atomic E-state index is 12.8. The maximum Gasteiger partial charge on any atom is 0.237 e. The zero-order valence-electron chi connectivity index (χ0n) is 17.5. The van der Waals surface area contributed by atoms with Crippen molar-refractivity contribution >= 4 is 5.91 Å². The summed E-state index contributed by atoms with van der Waals surface area (Å²) in [5, 5.41) is 12.2. The van der Waals surface area contributed by atoms with Crippen molar-refractivity contribution in [1.29, 1.82) is 5.26 Å². The van der Waals surface area contributed by atoms with Crippen molar-refractivity contribution in [3.05, 3.63) is 35.4 Å². The summed E-state index contributed by atoms with van der Waals surface area (Å²) in [6.45, 7) is 11.3. The lowest BCUT2D eigenvalue weighted by Gasteiger charge is -2.39. The second kappa shape index (κ2) is 9.54. The number of rotatable bonds is 5. The summed E-state index contributed by atoms with van der Waals surface area (Å²) in [5.74, 6) is 1.45. The predicted octanol–water partition coefficient (Wildman–Crippen LogP) is 3.01. The van der Waals surface area contributed by atoms with E-state index in [1.807, 2.05) is 31.2 Å². The van der Waals surface area contributed by atoms with Gasteiger partial charge in [0.1, 0.15) is 0 Å². The molecule has 28 heavy (non-hydrogen) atoms. The van der Waals surface area contributed by atoms with Crippen molar-refractivity contribution in [2.45, 2.75) is 58.7 Å². The van der Waals surface area contributed by atoms with Crippen molar-refractivity contribution in [2.24, 2.45) is 11.8 Å². The molecule has 1 saturated carbocycles. The first-order chi connectivity index (χ1) is 13.5. The van der Waals surface area contributed by atoms with Gasteiger partial charge in [-0.2, -0.15) is 5.26 Å². The summed E-state index contributed by atoms with van der Waals surface area (Å²) < 4.78 is 0. The minimum atomic E-state index is -0.0681. The molecular weight excluding hydrogens is 348 g/mol. The molecule has 0 aromatic heterocycles. The van der Waals surface area contributed by atoms with Crippen LogP contribution in [-0.2, 0) is 11.3 Å². The second-order valence-corrected chi connectivity index (χ2v) is 8.68. The molecule has 0 spiro atoms. The number of piperazine rings is 1. The van der Waals surface area contributed by atoms with Gasteiger partial charge in [0.2, 0.25) is 5.91 Å². The average molecular weight is 383 g/mol. The lowest BCUT2D eigenvalue weighted by atomic mass is 9.78. The monoisotopic (exact) mass is 382 g/mol. The molecule has 2 fully saturated rings. The molecule has 1 saturated heterocycles. The smallest absolute Gasteiger partial charge is 0.237 e. The molecule has 0 unspecified atom stereocenters. The van der Waals surface area contributed by atoms with E-state index in [1.165, 1.54) is 18.4 Å². The molecular formula is C23H34N4O. The molecule has 0 bridgehead atoms. The van der Waals surface area contributed by atoms with Gasteiger partial charge in [-0.05, 0) is 42.9 Å². The molecule has 0 radical (unpaired) electrons. The molecule has 4 atom stereocenters. The van der Waals surface area contributed by atoms with Crippen LogP contribution in [0.1, 0.15) is 51.2 Å². The van der Waals surface area contributed by atoms with E-state index in [-0.39, 0.29) is 11.9 Å². The van der Waals surface area contributed by atoms with Crippen molar-refractivity contribution in [1.82, 2.24) is 15.1 Å². The summed E-state index contributed by atoms with van der Waals surface area (Å²) in [6.07, 6.45) is 3.62. The number of hydrogen-bond acceptors (Lipinski definition) is 4. The molecule has 152 valence electrons. The van der Waals surface area contributed by atoms with Gasteiger partial charge >= 0.3 is 0 Å². The van der Waals surface area contributed by atoms with Crippen LogP contribution in [0.15, 0.2) is 24.3 Å². The van der Waals surface area contributed by atoms with E-state index in [0.717, 1.165) is 39.1 Å². The van der Waals surface area contributed by atoms with Crippen LogP contribution >= 0.6 is 0 Å². The molecule has 1 aromatic carbocycles. The van der Waals surface area contributed by atoms with Gasteiger partial charge in [-0.15, -0.1) is 0 Å². The molecule has 5 nitrogen and oxygen atoms in total. The Labute approximate surface area is 169 Å². The van der Waals surface area contributed by atoms with E-state index in [1.54, 1.807) is 0 Å². The van der Waals surface area contributed by atoms with Crippen molar-refractivity contribution in [3.8, 4) is 6.07 Å². The highest BCUT2D eigenvalue weighted by Crippen LogP contribution is 2.29. The Balaban J connectivity index is 1.45. The van der Waals surface area contributed by atoms with E-state index >= 15 is 0 Å². The van der Waals surface area contributed by atoms with Crippen LogP contribution in [0.3, 0.4) is 0 Å². The molecule has 1 aliphatic heterocycles. The number of nitrogens with one attached hydrogen (secondary N) is 1. The highest BCUT2D eigenvalue weighted by molar-refractivity contribution is 5.81. The molecule has 1 heterocycles.